The van der Waals surface area contributed by atoms with Gasteiger partial charge in [-0.2, -0.15) is 11.8 Å². The summed E-state index contributed by atoms with van der Waals surface area (Å²) in [5.41, 5.74) is 2.24. The summed E-state index contributed by atoms with van der Waals surface area (Å²) in [7, 11) is 3.60. The lowest BCUT2D eigenvalue weighted by atomic mass is 10.1. The van der Waals surface area contributed by atoms with Crippen molar-refractivity contribution in [2.45, 2.75) is 25.5 Å². The van der Waals surface area contributed by atoms with Crippen LogP contribution in [0.4, 0.5) is 5.82 Å². The van der Waals surface area contributed by atoms with Crippen molar-refractivity contribution >= 4 is 28.5 Å². The van der Waals surface area contributed by atoms with Gasteiger partial charge >= 0.3 is 0 Å². The van der Waals surface area contributed by atoms with Crippen LogP contribution in [0.25, 0.3) is 10.9 Å². The minimum atomic E-state index is 0.845. The van der Waals surface area contributed by atoms with Crippen LogP contribution in [0.3, 0.4) is 0 Å². The fourth-order valence-electron chi connectivity index (χ4n) is 2.07. The predicted molar refractivity (Wildman–Crippen MR) is 88.9 cm³/mol. The number of ether oxygens (including phenoxy) is 1. The van der Waals surface area contributed by atoms with Crippen molar-refractivity contribution < 1.29 is 4.74 Å². The standard InChI is InChI=1S/C16H22N2OS/c1-4-5-8-20-11-13-9-12-6-7-14(19-3)10-15(12)18-16(13)17-2/h6-7,9-10H,4-5,8,11H2,1-3H3,(H,17,18). The van der Waals surface area contributed by atoms with Crippen molar-refractivity contribution in [1.29, 1.82) is 0 Å². The number of hydrogen-bond donors (Lipinski definition) is 1. The average molecular weight is 290 g/mol. The van der Waals surface area contributed by atoms with Crippen molar-refractivity contribution in [2.75, 3.05) is 25.2 Å². The van der Waals surface area contributed by atoms with Gasteiger partial charge in [0.05, 0.1) is 12.6 Å². The number of methoxy groups -OCH3 is 1. The molecule has 3 nitrogen and oxygen atoms in total. The van der Waals surface area contributed by atoms with Gasteiger partial charge in [0.1, 0.15) is 11.6 Å². The zero-order chi connectivity index (χ0) is 14.4. The molecule has 0 amide bonds. The Morgan fingerprint density at radius 1 is 1.30 bits per heavy atom. The molecule has 0 atom stereocenters. The number of nitrogens with zero attached hydrogens (tertiary/aromatic N) is 1. The Morgan fingerprint density at radius 2 is 2.15 bits per heavy atom. The number of benzene rings is 1. The van der Waals surface area contributed by atoms with Crippen molar-refractivity contribution in [3.63, 3.8) is 0 Å². The van der Waals surface area contributed by atoms with Gasteiger partial charge in [-0.05, 0) is 30.4 Å². The van der Waals surface area contributed by atoms with E-state index >= 15 is 0 Å². The molecule has 2 aromatic rings. The van der Waals surface area contributed by atoms with Crippen molar-refractivity contribution in [3.8, 4) is 5.75 Å². The summed E-state index contributed by atoms with van der Waals surface area (Å²) >= 11 is 1.97. The van der Waals surface area contributed by atoms with Gasteiger partial charge in [-0.3, -0.25) is 0 Å². The molecule has 108 valence electrons. The molecule has 1 N–H and O–H groups in total. The fourth-order valence-corrected chi connectivity index (χ4v) is 3.15. The number of anilines is 1. The highest BCUT2D eigenvalue weighted by atomic mass is 32.2. The summed E-state index contributed by atoms with van der Waals surface area (Å²) in [6.45, 7) is 2.23. The Balaban J connectivity index is 2.25. The van der Waals surface area contributed by atoms with Crippen LogP contribution in [0, 0.1) is 0 Å². The van der Waals surface area contributed by atoms with Crippen LogP contribution in [-0.2, 0) is 5.75 Å². The van der Waals surface area contributed by atoms with Gasteiger partial charge < -0.3 is 10.1 Å². The van der Waals surface area contributed by atoms with Gasteiger partial charge in [0.15, 0.2) is 0 Å². The molecule has 2 rings (SSSR count). The largest absolute Gasteiger partial charge is 0.497 e. The SMILES string of the molecule is CCCCSCc1cc2ccc(OC)cc2nc1NC. The number of thioether (sulfide) groups is 1. The second-order valence-electron chi connectivity index (χ2n) is 4.71. The molecule has 1 heterocycles. The van der Waals surface area contributed by atoms with E-state index in [4.69, 9.17) is 9.72 Å². The predicted octanol–water partition coefficient (Wildman–Crippen LogP) is 4.32. The summed E-state index contributed by atoms with van der Waals surface area (Å²) in [5, 5.41) is 4.36. The van der Waals surface area contributed by atoms with Gasteiger partial charge in [-0.15, -0.1) is 0 Å². The van der Waals surface area contributed by atoms with E-state index in [9.17, 15) is 0 Å². The van der Waals surface area contributed by atoms with Crippen LogP contribution >= 0.6 is 11.8 Å². The Hall–Kier alpha value is -1.42. The summed E-state index contributed by atoms with van der Waals surface area (Å²) in [6.07, 6.45) is 2.53. The number of hydrogen-bond acceptors (Lipinski definition) is 4. The number of aromatic nitrogens is 1. The third-order valence-electron chi connectivity index (χ3n) is 3.24. The van der Waals surface area contributed by atoms with Crippen molar-refractivity contribution in [2.24, 2.45) is 0 Å². The summed E-state index contributed by atoms with van der Waals surface area (Å²) in [6, 6.07) is 8.26. The number of unbranched alkanes of at least 4 members (excludes halogenated alkanes) is 1. The fraction of sp³-hybridized carbons (Fsp3) is 0.438. The lowest BCUT2D eigenvalue weighted by Crippen LogP contribution is -1.99. The van der Waals surface area contributed by atoms with E-state index in [1.807, 2.05) is 30.9 Å². The average Bonchev–Trinajstić information content (AvgIpc) is 2.50. The van der Waals surface area contributed by atoms with E-state index in [1.165, 1.54) is 24.2 Å². The van der Waals surface area contributed by atoms with Crippen LogP contribution in [0.2, 0.25) is 0 Å². The van der Waals surface area contributed by atoms with E-state index in [2.05, 4.69) is 24.4 Å². The topological polar surface area (TPSA) is 34.1 Å². The van der Waals surface area contributed by atoms with Crippen LogP contribution in [0.5, 0.6) is 5.75 Å². The van der Waals surface area contributed by atoms with E-state index in [1.54, 1.807) is 7.11 Å². The van der Waals surface area contributed by atoms with E-state index in [0.717, 1.165) is 28.2 Å². The molecule has 1 aromatic carbocycles. The van der Waals surface area contributed by atoms with Crippen LogP contribution in [-0.4, -0.2) is 24.9 Å². The van der Waals surface area contributed by atoms with Gasteiger partial charge in [0, 0.05) is 29.8 Å². The molecule has 1 aromatic heterocycles. The first-order valence-corrected chi connectivity index (χ1v) is 8.17. The first-order chi connectivity index (χ1) is 9.78. The Morgan fingerprint density at radius 3 is 2.85 bits per heavy atom. The van der Waals surface area contributed by atoms with E-state index < -0.39 is 0 Å². The zero-order valence-corrected chi connectivity index (χ0v) is 13.2. The first kappa shape index (κ1) is 15.0. The smallest absolute Gasteiger partial charge is 0.130 e. The van der Waals surface area contributed by atoms with E-state index in [0.29, 0.717) is 0 Å². The maximum Gasteiger partial charge on any atom is 0.130 e. The number of pyridine rings is 1. The van der Waals surface area contributed by atoms with Gasteiger partial charge in [-0.25, -0.2) is 4.98 Å². The molecule has 0 aliphatic rings. The molecular weight excluding hydrogens is 268 g/mol. The summed E-state index contributed by atoms with van der Waals surface area (Å²) < 4.78 is 5.25. The molecule has 4 heteroatoms. The molecule has 0 bridgehead atoms. The molecule has 0 unspecified atom stereocenters. The summed E-state index contributed by atoms with van der Waals surface area (Å²) in [4.78, 5) is 4.70. The van der Waals surface area contributed by atoms with Crippen LogP contribution in [0.15, 0.2) is 24.3 Å². The highest BCUT2D eigenvalue weighted by molar-refractivity contribution is 7.98. The normalized spacial score (nSPS) is 10.8. The molecule has 0 saturated heterocycles. The van der Waals surface area contributed by atoms with Gasteiger partial charge in [0.25, 0.3) is 0 Å². The second kappa shape index (κ2) is 7.39. The zero-order valence-electron chi connectivity index (χ0n) is 12.4. The van der Waals surface area contributed by atoms with E-state index in [-0.39, 0.29) is 0 Å². The minimum absolute atomic E-state index is 0.845. The molecule has 0 fully saturated rings. The molecule has 0 aliphatic heterocycles. The quantitative estimate of drug-likeness (QED) is 0.770. The highest BCUT2D eigenvalue weighted by Crippen LogP contribution is 2.26. The van der Waals surface area contributed by atoms with Crippen molar-refractivity contribution in [1.82, 2.24) is 4.98 Å². The monoisotopic (exact) mass is 290 g/mol. The van der Waals surface area contributed by atoms with Gasteiger partial charge in [-0.1, -0.05) is 13.3 Å². The lowest BCUT2D eigenvalue weighted by molar-refractivity contribution is 0.415. The third-order valence-corrected chi connectivity index (χ3v) is 4.33. The number of fused-ring (bicyclic) bond motifs is 1. The lowest BCUT2D eigenvalue weighted by Gasteiger charge is -2.11. The van der Waals surface area contributed by atoms with Gasteiger partial charge in [0.2, 0.25) is 0 Å². The molecule has 0 spiro atoms. The third kappa shape index (κ3) is 3.57. The Labute approximate surface area is 125 Å². The maximum absolute atomic E-state index is 5.25. The van der Waals surface area contributed by atoms with Crippen molar-refractivity contribution in [3.05, 3.63) is 29.8 Å². The molecule has 0 saturated carbocycles. The number of nitrogens with one attached hydrogen (secondary N) is 1. The van der Waals surface area contributed by atoms with Crippen LogP contribution in [0.1, 0.15) is 25.3 Å². The molecular formula is C16H22N2OS. The van der Waals surface area contributed by atoms with Crippen LogP contribution < -0.4 is 10.1 Å². The maximum atomic E-state index is 5.25. The second-order valence-corrected chi connectivity index (χ2v) is 5.82. The first-order valence-electron chi connectivity index (χ1n) is 7.01. The summed E-state index contributed by atoms with van der Waals surface area (Å²) in [5.74, 6) is 4.03. The Bertz CT molecular complexity index is 572. The Kier molecular flexibility index (Phi) is 5.53. The highest BCUT2D eigenvalue weighted by Gasteiger charge is 2.07. The molecule has 0 radical (unpaired) electrons. The minimum Gasteiger partial charge on any atom is -0.497 e. The molecule has 20 heavy (non-hydrogen) atoms. The molecule has 0 aliphatic carbocycles. The number of rotatable bonds is 7.